The van der Waals surface area contributed by atoms with Crippen LogP contribution < -0.4 is 10.1 Å². The molecule has 1 fully saturated rings. The number of nitrogens with zero attached hydrogens (tertiary/aromatic N) is 1. The molecule has 1 aromatic heterocycles. The van der Waals surface area contributed by atoms with E-state index >= 15 is 0 Å². The van der Waals surface area contributed by atoms with Crippen LogP contribution in [-0.4, -0.2) is 24.4 Å². The number of nitrogens with one attached hydrogen (secondary N) is 1. The van der Waals surface area contributed by atoms with Gasteiger partial charge in [0.05, 0.1) is 23.6 Å². The van der Waals surface area contributed by atoms with Crippen LogP contribution in [-0.2, 0) is 0 Å². The number of carbonyl (C=O) groups excluding carboxylic acids is 1. The minimum Gasteiger partial charge on any atom is -0.487 e. The predicted octanol–water partition coefficient (Wildman–Crippen LogP) is 1.48. The maximum absolute atomic E-state index is 10.7. The largest absolute Gasteiger partial charge is 0.487 e. The van der Waals surface area contributed by atoms with Gasteiger partial charge in [-0.25, -0.2) is 0 Å². The van der Waals surface area contributed by atoms with E-state index in [0.29, 0.717) is 17.4 Å². The lowest BCUT2D eigenvalue weighted by molar-refractivity contribution is 0.112. The fourth-order valence-corrected chi connectivity index (χ4v) is 1.27. The minimum absolute atomic E-state index is 0.311. The van der Waals surface area contributed by atoms with Gasteiger partial charge in [-0.2, -0.15) is 0 Å². The van der Waals surface area contributed by atoms with Gasteiger partial charge in [0.2, 0.25) is 0 Å². The number of ether oxygens (including phenoxy) is 1. The van der Waals surface area contributed by atoms with Gasteiger partial charge in [0.25, 0.3) is 0 Å². The van der Waals surface area contributed by atoms with E-state index in [-0.39, 0.29) is 0 Å². The van der Waals surface area contributed by atoms with Crippen molar-refractivity contribution >= 4 is 12.0 Å². The Morgan fingerprint density at radius 1 is 1.57 bits per heavy atom. The van der Waals surface area contributed by atoms with Crippen LogP contribution in [0.2, 0.25) is 0 Å². The SMILES string of the molecule is CNc1c(C=O)cncc1OC1CC1. The fraction of sp³-hybridized carbons (Fsp3) is 0.400. The summed E-state index contributed by atoms with van der Waals surface area (Å²) in [5.74, 6) is 0.666. The first-order valence-electron chi connectivity index (χ1n) is 4.62. The summed E-state index contributed by atoms with van der Waals surface area (Å²) in [6, 6.07) is 0. The van der Waals surface area contributed by atoms with Crippen molar-refractivity contribution in [2.24, 2.45) is 0 Å². The minimum atomic E-state index is 0.311. The highest BCUT2D eigenvalue weighted by atomic mass is 16.5. The second kappa shape index (κ2) is 3.65. The van der Waals surface area contributed by atoms with Gasteiger partial charge in [0.15, 0.2) is 12.0 Å². The molecular weight excluding hydrogens is 180 g/mol. The summed E-state index contributed by atoms with van der Waals surface area (Å²) in [6.07, 6.45) is 6.43. The molecule has 0 unspecified atom stereocenters. The third-order valence-corrected chi connectivity index (χ3v) is 2.14. The number of aromatic nitrogens is 1. The van der Waals surface area contributed by atoms with E-state index in [1.165, 1.54) is 6.20 Å². The van der Waals surface area contributed by atoms with Crippen LogP contribution in [0.5, 0.6) is 5.75 Å². The lowest BCUT2D eigenvalue weighted by Crippen LogP contribution is -2.03. The highest BCUT2D eigenvalue weighted by molar-refractivity contribution is 5.86. The Hall–Kier alpha value is -1.58. The van der Waals surface area contributed by atoms with Crippen LogP contribution in [0, 0.1) is 0 Å². The van der Waals surface area contributed by atoms with Gasteiger partial charge in [-0.15, -0.1) is 0 Å². The van der Waals surface area contributed by atoms with Crippen LogP contribution in [0.4, 0.5) is 5.69 Å². The average molecular weight is 192 g/mol. The lowest BCUT2D eigenvalue weighted by atomic mass is 10.2. The Labute approximate surface area is 82.3 Å². The van der Waals surface area contributed by atoms with Crippen molar-refractivity contribution in [1.82, 2.24) is 4.98 Å². The number of anilines is 1. The Morgan fingerprint density at radius 3 is 2.93 bits per heavy atom. The third-order valence-electron chi connectivity index (χ3n) is 2.14. The summed E-state index contributed by atoms with van der Waals surface area (Å²) in [4.78, 5) is 14.7. The number of hydrogen-bond donors (Lipinski definition) is 1. The first-order chi connectivity index (χ1) is 6.85. The van der Waals surface area contributed by atoms with Crippen LogP contribution in [0.25, 0.3) is 0 Å². The molecule has 1 aliphatic rings. The van der Waals surface area contributed by atoms with Crippen molar-refractivity contribution in [2.75, 3.05) is 12.4 Å². The summed E-state index contributed by atoms with van der Waals surface area (Å²) in [5.41, 5.74) is 1.26. The average Bonchev–Trinajstić information content (AvgIpc) is 3.01. The van der Waals surface area contributed by atoms with E-state index in [9.17, 15) is 4.79 Å². The molecule has 1 N–H and O–H groups in total. The van der Waals surface area contributed by atoms with Gasteiger partial charge in [-0.1, -0.05) is 0 Å². The van der Waals surface area contributed by atoms with Crippen LogP contribution >= 0.6 is 0 Å². The van der Waals surface area contributed by atoms with Crippen molar-refractivity contribution < 1.29 is 9.53 Å². The molecule has 14 heavy (non-hydrogen) atoms. The maximum Gasteiger partial charge on any atom is 0.161 e. The van der Waals surface area contributed by atoms with E-state index in [1.54, 1.807) is 13.2 Å². The normalized spacial score (nSPS) is 14.9. The van der Waals surface area contributed by atoms with E-state index < -0.39 is 0 Å². The van der Waals surface area contributed by atoms with E-state index in [4.69, 9.17) is 4.74 Å². The van der Waals surface area contributed by atoms with Crippen molar-refractivity contribution in [1.29, 1.82) is 0 Å². The number of aldehydes is 1. The van der Waals surface area contributed by atoms with Crippen molar-refractivity contribution in [3.05, 3.63) is 18.0 Å². The monoisotopic (exact) mass is 192 g/mol. The van der Waals surface area contributed by atoms with Crippen LogP contribution in [0.3, 0.4) is 0 Å². The molecule has 1 aromatic rings. The molecule has 4 nitrogen and oxygen atoms in total. The second-order valence-electron chi connectivity index (χ2n) is 3.29. The number of rotatable bonds is 4. The van der Waals surface area contributed by atoms with E-state index in [2.05, 4.69) is 10.3 Å². The van der Waals surface area contributed by atoms with Crippen molar-refractivity contribution in [3.8, 4) is 5.75 Å². The molecule has 0 saturated heterocycles. The molecule has 0 radical (unpaired) electrons. The zero-order valence-electron chi connectivity index (χ0n) is 7.99. The molecule has 4 heteroatoms. The summed E-state index contributed by atoms with van der Waals surface area (Å²) >= 11 is 0. The molecule has 74 valence electrons. The molecule has 0 spiro atoms. The molecule has 0 aliphatic heterocycles. The fourth-order valence-electron chi connectivity index (χ4n) is 1.27. The molecule has 0 amide bonds. The predicted molar refractivity (Wildman–Crippen MR) is 52.8 cm³/mol. The molecule has 0 bridgehead atoms. The van der Waals surface area contributed by atoms with Gasteiger partial charge < -0.3 is 10.1 Å². The number of pyridine rings is 1. The van der Waals surface area contributed by atoms with Gasteiger partial charge >= 0.3 is 0 Å². The molecule has 1 aliphatic carbocycles. The Bertz CT molecular complexity index is 348. The molecule has 0 atom stereocenters. The Kier molecular flexibility index (Phi) is 2.35. The van der Waals surface area contributed by atoms with E-state index in [1.807, 2.05) is 0 Å². The summed E-state index contributed by atoms with van der Waals surface area (Å²) < 4.78 is 5.61. The molecule has 0 aromatic carbocycles. The highest BCUT2D eigenvalue weighted by Gasteiger charge is 2.25. The van der Waals surface area contributed by atoms with Gasteiger partial charge in [-0.3, -0.25) is 9.78 Å². The highest BCUT2D eigenvalue weighted by Crippen LogP contribution is 2.32. The van der Waals surface area contributed by atoms with Gasteiger partial charge in [0.1, 0.15) is 0 Å². The van der Waals surface area contributed by atoms with Crippen LogP contribution in [0.1, 0.15) is 23.2 Å². The lowest BCUT2D eigenvalue weighted by Gasteiger charge is -2.11. The topological polar surface area (TPSA) is 51.2 Å². The quantitative estimate of drug-likeness (QED) is 0.734. The molecule has 1 saturated carbocycles. The Balaban J connectivity index is 2.30. The first-order valence-corrected chi connectivity index (χ1v) is 4.62. The molecule has 1 heterocycles. The van der Waals surface area contributed by atoms with E-state index in [0.717, 1.165) is 24.8 Å². The van der Waals surface area contributed by atoms with Gasteiger partial charge in [-0.05, 0) is 12.8 Å². The zero-order valence-corrected chi connectivity index (χ0v) is 7.99. The molecular formula is C10H12N2O2. The maximum atomic E-state index is 10.7. The van der Waals surface area contributed by atoms with Crippen molar-refractivity contribution in [3.63, 3.8) is 0 Å². The third kappa shape index (κ3) is 1.69. The number of carbonyl (C=O) groups is 1. The number of hydrogen-bond acceptors (Lipinski definition) is 4. The van der Waals surface area contributed by atoms with Crippen molar-refractivity contribution in [2.45, 2.75) is 18.9 Å². The summed E-state index contributed by atoms with van der Waals surface area (Å²) in [7, 11) is 1.77. The molecule has 2 rings (SSSR count). The second-order valence-corrected chi connectivity index (χ2v) is 3.29. The summed E-state index contributed by atoms with van der Waals surface area (Å²) in [5, 5.41) is 2.95. The Morgan fingerprint density at radius 2 is 2.36 bits per heavy atom. The zero-order chi connectivity index (χ0) is 9.97. The van der Waals surface area contributed by atoms with Crippen LogP contribution in [0.15, 0.2) is 12.4 Å². The van der Waals surface area contributed by atoms with Gasteiger partial charge in [0, 0.05) is 13.2 Å². The first kappa shape index (κ1) is 8.99. The summed E-state index contributed by atoms with van der Waals surface area (Å²) in [6.45, 7) is 0. The standard InChI is InChI=1S/C10H12N2O2/c1-11-10-7(6-13)4-12-5-9(10)14-8-2-3-8/h4-6,8H,2-3H2,1H3,(H,11,12). The smallest absolute Gasteiger partial charge is 0.161 e.